The Labute approximate surface area is 126 Å². The Bertz CT molecular complexity index is 594. The molecule has 0 atom stereocenters. The van der Waals surface area contributed by atoms with Crippen LogP contribution in [0.15, 0.2) is 30.6 Å². The van der Waals surface area contributed by atoms with Crippen molar-refractivity contribution in [3.63, 3.8) is 0 Å². The van der Waals surface area contributed by atoms with E-state index in [0.717, 1.165) is 35.7 Å². The smallest absolute Gasteiger partial charge is 0.0487 e. The summed E-state index contributed by atoms with van der Waals surface area (Å²) in [6.07, 6.45) is 4.91. The van der Waals surface area contributed by atoms with Crippen LogP contribution < -0.4 is 5.32 Å². The Morgan fingerprint density at radius 1 is 1.10 bits per heavy atom. The molecule has 20 heavy (non-hydrogen) atoms. The zero-order valence-electron chi connectivity index (χ0n) is 12.3. The third-order valence-corrected chi connectivity index (χ3v) is 3.76. The van der Waals surface area contributed by atoms with Crippen molar-refractivity contribution in [1.29, 1.82) is 0 Å². The van der Waals surface area contributed by atoms with Crippen LogP contribution in [-0.2, 0) is 6.54 Å². The van der Waals surface area contributed by atoms with Gasteiger partial charge in [0.1, 0.15) is 0 Å². The molecule has 3 heteroatoms. The summed E-state index contributed by atoms with van der Waals surface area (Å²) in [4.78, 5) is 4.33. The third kappa shape index (κ3) is 3.59. The number of rotatable bonds is 5. The van der Waals surface area contributed by atoms with E-state index in [1.807, 2.05) is 18.5 Å². The number of nitrogens with one attached hydrogen (secondary N) is 1. The highest BCUT2D eigenvalue weighted by Gasteiger charge is 2.07. The van der Waals surface area contributed by atoms with Crippen LogP contribution in [0.2, 0.25) is 5.02 Å². The molecule has 0 aliphatic carbocycles. The van der Waals surface area contributed by atoms with Gasteiger partial charge in [-0.25, -0.2) is 0 Å². The van der Waals surface area contributed by atoms with Crippen LogP contribution in [0.4, 0.5) is 0 Å². The van der Waals surface area contributed by atoms with Gasteiger partial charge in [0, 0.05) is 35.1 Å². The minimum Gasteiger partial charge on any atom is -0.313 e. The molecule has 0 unspecified atom stereocenters. The highest BCUT2D eigenvalue weighted by atomic mass is 35.5. The summed E-state index contributed by atoms with van der Waals surface area (Å²) >= 11 is 6.37. The summed E-state index contributed by atoms with van der Waals surface area (Å²) in [5.74, 6) is 0. The van der Waals surface area contributed by atoms with E-state index < -0.39 is 0 Å². The molecule has 2 rings (SSSR count). The Balaban J connectivity index is 2.29. The molecule has 0 fully saturated rings. The number of nitrogens with zero attached hydrogens (tertiary/aromatic N) is 1. The van der Waals surface area contributed by atoms with Gasteiger partial charge in [-0.1, -0.05) is 18.5 Å². The topological polar surface area (TPSA) is 24.9 Å². The SMILES string of the molecule is CCCNCc1cncc(-c2cc(C)c(C)cc2Cl)c1. The van der Waals surface area contributed by atoms with Gasteiger partial charge < -0.3 is 5.32 Å². The van der Waals surface area contributed by atoms with Gasteiger partial charge in [0.25, 0.3) is 0 Å². The highest BCUT2D eigenvalue weighted by Crippen LogP contribution is 2.30. The molecule has 0 radical (unpaired) electrons. The second kappa shape index (κ2) is 6.87. The normalized spacial score (nSPS) is 10.8. The van der Waals surface area contributed by atoms with E-state index in [1.54, 1.807) is 0 Å². The van der Waals surface area contributed by atoms with Crippen LogP contribution in [0, 0.1) is 13.8 Å². The lowest BCUT2D eigenvalue weighted by atomic mass is 10.0. The molecule has 0 aliphatic heterocycles. The zero-order valence-corrected chi connectivity index (χ0v) is 13.1. The average Bonchev–Trinajstić information content (AvgIpc) is 2.43. The third-order valence-electron chi connectivity index (χ3n) is 3.45. The second-order valence-electron chi connectivity index (χ2n) is 5.17. The van der Waals surface area contributed by atoms with Gasteiger partial charge in [-0.15, -0.1) is 0 Å². The van der Waals surface area contributed by atoms with Crippen LogP contribution in [0.5, 0.6) is 0 Å². The Morgan fingerprint density at radius 2 is 1.85 bits per heavy atom. The fourth-order valence-electron chi connectivity index (χ4n) is 2.14. The van der Waals surface area contributed by atoms with Gasteiger partial charge in [-0.2, -0.15) is 0 Å². The molecule has 1 heterocycles. The minimum absolute atomic E-state index is 0.786. The first-order valence-electron chi connectivity index (χ1n) is 7.03. The van der Waals surface area contributed by atoms with E-state index in [9.17, 15) is 0 Å². The number of hydrogen-bond donors (Lipinski definition) is 1. The van der Waals surface area contributed by atoms with E-state index in [-0.39, 0.29) is 0 Å². The molecule has 0 spiro atoms. The Hall–Kier alpha value is -1.38. The molecule has 1 N–H and O–H groups in total. The maximum atomic E-state index is 6.37. The van der Waals surface area contributed by atoms with Crippen molar-refractivity contribution in [1.82, 2.24) is 10.3 Å². The molecule has 1 aromatic carbocycles. The van der Waals surface area contributed by atoms with Crippen LogP contribution in [-0.4, -0.2) is 11.5 Å². The predicted octanol–water partition coefficient (Wildman–Crippen LogP) is 4.52. The average molecular weight is 289 g/mol. The molecule has 0 saturated heterocycles. The predicted molar refractivity (Wildman–Crippen MR) is 86.2 cm³/mol. The molecule has 2 aromatic rings. The Morgan fingerprint density at radius 3 is 2.60 bits per heavy atom. The van der Waals surface area contributed by atoms with E-state index in [0.29, 0.717) is 0 Å². The van der Waals surface area contributed by atoms with Crippen molar-refractivity contribution in [2.75, 3.05) is 6.54 Å². The first-order chi connectivity index (χ1) is 9.61. The van der Waals surface area contributed by atoms with Gasteiger partial charge in [-0.3, -0.25) is 4.98 Å². The Kier molecular flexibility index (Phi) is 5.16. The number of aryl methyl sites for hydroxylation is 2. The van der Waals surface area contributed by atoms with Gasteiger partial charge >= 0.3 is 0 Å². The summed E-state index contributed by atoms with van der Waals surface area (Å²) < 4.78 is 0. The second-order valence-corrected chi connectivity index (χ2v) is 5.58. The van der Waals surface area contributed by atoms with Gasteiger partial charge in [0.2, 0.25) is 0 Å². The lowest BCUT2D eigenvalue weighted by Gasteiger charge is -2.10. The number of pyridine rings is 1. The van der Waals surface area contributed by atoms with E-state index in [4.69, 9.17) is 11.6 Å². The van der Waals surface area contributed by atoms with E-state index >= 15 is 0 Å². The molecule has 0 aliphatic rings. The molecule has 0 bridgehead atoms. The molecule has 0 amide bonds. The van der Waals surface area contributed by atoms with Gasteiger partial charge in [0.15, 0.2) is 0 Å². The lowest BCUT2D eigenvalue weighted by Crippen LogP contribution is -2.13. The summed E-state index contributed by atoms with van der Waals surface area (Å²) in [7, 11) is 0. The molecular formula is C17H21ClN2. The van der Waals surface area contributed by atoms with Crippen molar-refractivity contribution in [2.45, 2.75) is 33.7 Å². The maximum Gasteiger partial charge on any atom is 0.0487 e. The summed E-state index contributed by atoms with van der Waals surface area (Å²) in [5, 5.41) is 4.18. The summed E-state index contributed by atoms with van der Waals surface area (Å²) in [6.45, 7) is 8.21. The molecule has 0 saturated carbocycles. The van der Waals surface area contributed by atoms with Crippen LogP contribution in [0.1, 0.15) is 30.0 Å². The van der Waals surface area contributed by atoms with E-state index in [1.165, 1.54) is 16.7 Å². The zero-order chi connectivity index (χ0) is 14.5. The fraction of sp³-hybridized carbons (Fsp3) is 0.353. The largest absolute Gasteiger partial charge is 0.313 e. The van der Waals surface area contributed by atoms with Crippen molar-refractivity contribution >= 4 is 11.6 Å². The molecule has 106 valence electrons. The first-order valence-corrected chi connectivity index (χ1v) is 7.41. The van der Waals surface area contributed by atoms with Crippen molar-refractivity contribution in [3.05, 3.63) is 52.3 Å². The monoisotopic (exact) mass is 288 g/mol. The molecule has 1 aromatic heterocycles. The van der Waals surface area contributed by atoms with Gasteiger partial charge in [-0.05, 0) is 61.7 Å². The fourth-order valence-corrected chi connectivity index (χ4v) is 2.47. The first kappa shape index (κ1) is 15.0. The number of halogens is 1. The standard InChI is InChI=1S/C17H21ClN2/c1-4-5-19-9-14-8-15(11-20-10-14)16-6-12(2)13(3)7-17(16)18/h6-8,10-11,19H,4-5,9H2,1-3H3. The van der Waals surface area contributed by atoms with Gasteiger partial charge in [0.05, 0.1) is 0 Å². The van der Waals surface area contributed by atoms with Crippen molar-refractivity contribution in [2.24, 2.45) is 0 Å². The van der Waals surface area contributed by atoms with Crippen LogP contribution in [0.25, 0.3) is 11.1 Å². The lowest BCUT2D eigenvalue weighted by molar-refractivity contribution is 0.674. The summed E-state index contributed by atoms with van der Waals surface area (Å²) in [5.41, 5.74) is 5.78. The number of hydrogen-bond acceptors (Lipinski definition) is 2. The van der Waals surface area contributed by atoms with Crippen LogP contribution >= 0.6 is 11.6 Å². The number of benzene rings is 1. The summed E-state index contributed by atoms with van der Waals surface area (Å²) in [6, 6.07) is 6.32. The van der Waals surface area contributed by atoms with Crippen molar-refractivity contribution < 1.29 is 0 Å². The maximum absolute atomic E-state index is 6.37. The highest BCUT2D eigenvalue weighted by molar-refractivity contribution is 6.33. The van der Waals surface area contributed by atoms with E-state index in [2.05, 4.69) is 43.2 Å². The minimum atomic E-state index is 0.786. The molecule has 2 nitrogen and oxygen atoms in total. The van der Waals surface area contributed by atoms with Crippen LogP contribution in [0.3, 0.4) is 0 Å². The molecular weight excluding hydrogens is 268 g/mol. The van der Waals surface area contributed by atoms with Crippen molar-refractivity contribution in [3.8, 4) is 11.1 Å². The number of aromatic nitrogens is 1. The quantitative estimate of drug-likeness (QED) is 0.818.